The van der Waals surface area contributed by atoms with Crippen LogP contribution in [-0.2, 0) is 19.8 Å². The minimum absolute atomic E-state index is 0.248. The maximum absolute atomic E-state index is 13.5. The van der Waals surface area contributed by atoms with Crippen LogP contribution < -0.4 is 14.2 Å². The highest BCUT2D eigenvalue weighted by Crippen LogP contribution is 2.59. The number of ether oxygens (including phenoxy) is 6. The fraction of sp³-hybridized carbons (Fsp3) is 0.325. The summed E-state index contributed by atoms with van der Waals surface area (Å²) in [6.45, 7) is -1.21. The highest BCUT2D eigenvalue weighted by molar-refractivity contribution is 6.01. The summed E-state index contributed by atoms with van der Waals surface area (Å²) in [5.41, 5.74) is 0.740. The predicted octanol–water partition coefficient (Wildman–Crippen LogP) is 0.918. The molecule has 0 radical (unpaired) electrons. The number of carbonyl (C=O) groups excluding carboxylic acids is 1. The number of aliphatic hydroxyl groups is 8. The molecule has 5 aromatic rings. The second-order valence-electron chi connectivity index (χ2n) is 14.0. The number of benzene rings is 5. The van der Waals surface area contributed by atoms with E-state index in [1.54, 1.807) is 60.7 Å². The van der Waals surface area contributed by atoms with Gasteiger partial charge in [0.25, 0.3) is 0 Å². The molecule has 286 valence electrons. The first-order valence-corrected chi connectivity index (χ1v) is 17.6. The van der Waals surface area contributed by atoms with Gasteiger partial charge in [0.05, 0.1) is 18.8 Å². The van der Waals surface area contributed by atoms with E-state index in [1.165, 1.54) is 0 Å². The molecule has 15 nitrogen and oxygen atoms in total. The molecule has 2 saturated heterocycles. The first-order chi connectivity index (χ1) is 26.5. The van der Waals surface area contributed by atoms with Gasteiger partial charge in [-0.1, -0.05) is 30.3 Å². The molecule has 8 N–H and O–H groups in total. The summed E-state index contributed by atoms with van der Waals surface area (Å²) in [4.78, 5) is 13.5. The molecule has 2 fully saturated rings. The molecule has 1 spiro atoms. The van der Waals surface area contributed by atoms with Crippen LogP contribution in [0, 0.1) is 0 Å². The lowest BCUT2D eigenvalue weighted by atomic mass is 9.76. The fourth-order valence-electron chi connectivity index (χ4n) is 7.94. The zero-order valence-electron chi connectivity index (χ0n) is 28.7. The number of fused-ring (bicyclic) bond motifs is 10. The Bertz CT molecular complexity index is 2180. The molecule has 9 rings (SSSR count). The number of rotatable bonds is 6. The number of hydrogen-bond acceptors (Lipinski definition) is 15. The van der Waals surface area contributed by atoms with Crippen LogP contribution in [0.4, 0.5) is 0 Å². The summed E-state index contributed by atoms with van der Waals surface area (Å²) in [6.07, 6.45) is -14.6. The van der Waals surface area contributed by atoms with Gasteiger partial charge in [0.2, 0.25) is 12.6 Å². The molecule has 4 aliphatic rings. The van der Waals surface area contributed by atoms with Crippen LogP contribution in [0.1, 0.15) is 27.0 Å². The van der Waals surface area contributed by atoms with E-state index >= 15 is 0 Å². The number of esters is 1. The fourth-order valence-corrected chi connectivity index (χ4v) is 7.94. The second-order valence-corrected chi connectivity index (χ2v) is 14.0. The number of aliphatic hydroxyl groups excluding tert-OH is 8. The first kappa shape index (κ1) is 35.8. The molecule has 0 saturated carbocycles. The van der Waals surface area contributed by atoms with Crippen molar-refractivity contribution < 1.29 is 74.1 Å². The smallest absolute Gasteiger partial charge is 0.340 e. The van der Waals surface area contributed by atoms with Crippen molar-refractivity contribution in [3.8, 4) is 23.0 Å². The van der Waals surface area contributed by atoms with E-state index in [4.69, 9.17) is 28.4 Å². The zero-order chi connectivity index (χ0) is 38.3. The Balaban J connectivity index is 1.13. The summed E-state index contributed by atoms with van der Waals surface area (Å²) in [5.74, 6) is 0.766. The van der Waals surface area contributed by atoms with Crippen LogP contribution >= 0.6 is 0 Å². The lowest BCUT2D eigenvalue weighted by Crippen LogP contribution is -2.60. The van der Waals surface area contributed by atoms with Crippen LogP contribution in [0.5, 0.6) is 23.0 Å². The third-order valence-electron chi connectivity index (χ3n) is 10.8. The molecule has 0 aromatic heterocycles. The van der Waals surface area contributed by atoms with Crippen LogP contribution in [0.2, 0.25) is 0 Å². The Hall–Kier alpha value is -4.91. The van der Waals surface area contributed by atoms with Crippen molar-refractivity contribution in [2.24, 2.45) is 0 Å². The van der Waals surface area contributed by atoms with Gasteiger partial charge in [-0.25, -0.2) is 4.79 Å². The van der Waals surface area contributed by atoms with Crippen molar-refractivity contribution in [1.29, 1.82) is 0 Å². The number of carbonyl (C=O) groups is 1. The van der Waals surface area contributed by atoms with Gasteiger partial charge >= 0.3 is 5.97 Å². The van der Waals surface area contributed by atoms with E-state index in [0.29, 0.717) is 55.3 Å². The molecular weight excluding hydrogens is 720 g/mol. The monoisotopic (exact) mass is 756 g/mol. The topological polar surface area (TPSA) is 234 Å². The van der Waals surface area contributed by atoms with Gasteiger partial charge < -0.3 is 69.3 Å². The van der Waals surface area contributed by atoms with Gasteiger partial charge in [0.1, 0.15) is 71.8 Å². The minimum atomic E-state index is -1.62. The minimum Gasteiger partial charge on any atom is -0.462 e. The molecule has 0 aliphatic carbocycles. The molecule has 1 unspecified atom stereocenters. The lowest BCUT2D eigenvalue weighted by molar-refractivity contribution is -0.277. The predicted molar refractivity (Wildman–Crippen MR) is 188 cm³/mol. The van der Waals surface area contributed by atoms with Crippen LogP contribution in [0.15, 0.2) is 84.9 Å². The molecule has 4 aliphatic heterocycles. The van der Waals surface area contributed by atoms with Crippen molar-refractivity contribution in [2.75, 3.05) is 13.2 Å². The van der Waals surface area contributed by atoms with Crippen molar-refractivity contribution in [3.05, 3.63) is 107 Å². The van der Waals surface area contributed by atoms with Crippen LogP contribution in [0.25, 0.3) is 21.5 Å². The molecule has 15 heteroatoms. The molecule has 0 bridgehead atoms. The molecule has 55 heavy (non-hydrogen) atoms. The van der Waals surface area contributed by atoms with Crippen molar-refractivity contribution >= 4 is 27.5 Å². The second kappa shape index (κ2) is 13.4. The summed E-state index contributed by atoms with van der Waals surface area (Å²) >= 11 is 0. The van der Waals surface area contributed by atoms with Gasteiger partial charge in [-0.2, -0.15) is 0 Å². The van der Waals surface area contributed by atoms with Gasteiger partial charge in [-0.05, 0) is 65.4 Å². The zero-order valence-corrected chi connectivity index (χ0v) is 28.7. The first-order valence-electron chi connectivity index (χ1n) is 17.6. The SMILES string of the molecule is O=C1OC2(c3ccccc31)c1ccc3cc(O[C@H]4O[C@@H](CO)[C@H](O)[C@@H](O)[C@@H]4O)ccc3c1Oc1c2ccc2cc(O[C@@H]3O[C@H](CO)[C@@H](O)[C@@H](O)[C@@H]3O)ccc12. The van der Waals surface area contributed by atoms with Gasteiger partial charge in [0.15, 0.2) is 5.60 Å². The van der Waals surface area contributed by atoms with Gasteiger partial charge in [-0.15, -0.1) is 0 Å². The Morgan fingerprint density at radius 1 is 0.564 bits per heavy atom. The van der Waals surface area contributed by atoms with Crippen LogP contribution in [0.3, 0.4) is 0 Å². The summed E-state index contributed by atoms with van der Waals surface area (Å²) < 4.78 is 36.0. The Kier molecular flexibility index (Phi) is 8.71. The largest absolute Gasteiger partial charge is 0.462 e. The maximum atomic E-state index is 13.5. The Labute approximate surface area is 311 Å². The van der Waals surface area contributed by atoms with E-state index in [2.05, 4.69) is 0 Å². The van der Waals surface area contributed by atoms with Gasteiger partial charge in [-0.3, -0.25) is 0 Å². The Morgan fingerprint density at radius 2 is 1.05 bits per heavy atom. The molecule has 0 amide bonds. The third kappa shape index (κ3) is 5.47. The summed E-state index contributed by atoms with van der Waals surface area (Å²) in [5, 5.41) is 83.7. The lowest BCUT2D eigenvalue weighted by Gasteiger charge is -2.39. The maximum Gasteiger partial charge on any atom is 0.340 e. The third-order valence-corrected chi connectivity index (χ3v) is 10.8. The standard InChI is InChI=1S/C40H36O15/c41-15-27-29(43)31(45)33(47)38(52-27)50-19-7-9-21-17(13-19)5-11-25-35(21)54-36-22-10-8-20(51-39-34(48)32(46)30(44)28(16-42)53-39)14-18(22)6-12-26(36)40(25)24-4-2-1-3-23(24)37(49)55-40/h1-14,27-34,38-39,41-48H,15-16H2/t27-,28+,29-,30+,31-,32-,33+,34+,38-,39+,40?/m1/s1. The highest BCUT2D eigenvalue weighted by atomic mass is 16.7. The van der Waals surface area contributed by atoms with Crippen molar-refractivity contribution in [3.63, 3.8) is 0 Å². The highest BCUT2D eigenvalue weighted by Gasteiger charge is 2.54. The number of hydrogen-bond donors (Lipinski definition) is 8. The van der Waals surface area contributed by atoms with E-state index < -0.39 is 86.2 Å². The van der Waals surface area contributed by atoms with Crippen molar-refractivity contribution in [2.45, 2.75) is 67.0 Å². The van der Waals surface area contributed by atoms with Crippen LogP contribution in [-0.4, -0.2) is 121 Å². The van der Waals surface area contributed by atoms with E-state index in [-0.39, 0.29) is 11.5 Å². The normalized spacial score (nSPS) is 32.4. The summed E-state index contributed by atoms with van der Waals surface area (Å²) in [7, 11) is 0. The average molecular weight is 757 g/mol. The quantitative estimate of drug-likeness (QED) is 0.113. The van der Waals surface area contributed by atoms with Gasteiger partial charge in [0, 0.05) is 27.5 Å². The molecule has 11 atom stereocenters. The van der Waals surface area contributed by atoms with E-state index in [1.807, 2.05) is 24.3 Å². The van der Waals surface area contributed by atoms with E-state index in [0.717, 1.165) is 0 Å². The molecule has 4 heterocycles. The molecule has 5 aromatic carbocycles. The van der Waals surface area contributed by atoms with E-state index in [9.17, 15) is 45.6 Å². The Morgan fingerprint density at radius 3 is 1.55 bits per heavy atom. The van der Waals surface area contributed by atoms with Crippen molar-refractivity contribution in [1.82, 2.24) is 0 Å². The molecular formula is C40H36O15. The average Bonchev–Trinajstić information content (AvgIpc) is 3.49. The summed E-state index contributed by atoms with van der Waals surface area (Å²) in [6, 6.07) is 24.4.